The van der Waals surface area contributed by atoms with Crippen LogP contribution in [0.3, 0.4) is 0 Å². The van der Waals surface area contributed by atoms with E-state index in [1.807, 2.05) is 61.5 Å². The number of amides is 1. The molecule has 36 heavy (non-hydrogen) atoms. The maximum atomic E-state index is 13.3. The number of rotatable bonds is 13. The minimum atomic E-state index is -1.67. The molecule has 0 aliphatic carbocycles. The molecule has 0 bridgehead atoms. The summed E-state index contributed by atoms with van der Waals surface area (Å²) >= 11 is 1.32. The number of hydrogen-bond donors (Lipinski definition) is 1. The van der Waals surface area contributed by atoms with Gasteiger partial charge in [0.25, 0.3) is 0 Å². The minimum absolute atomic E-state index is 0.0508. The molecule has 0 aliphatic rings. The van der Waals surface area contributed by atoms with Gasteiger partial charge in [-0.3, -0.25) is 14.4 Å². The Labute approximate surface area is 218 Å². The molecule has 1 unspecified atom stereocenters. The Morgan fingerprint density at radius 3 is 2.39 bits per heavy atom. The minimum Gasteiger partial charge on any atom is -0.335 e. The van der Waals surface area contributed by atoms with Crippen LogP contribution in [0.15, 0.2) is 58.9 Å². The third-order valence-electron chi connectivity index (χ3n) is 6.30. The van der Waals surface area contributed by atoms with E-state index >= 15 is 0 Å². The topological polar surface area (TPSA) is 96.4 Å². The van der Waals surface area contributed by atoms with E-state index in [0.717, 1.165) is 15.8 Å². The van der Waals surface area contributed by atoms with Gasteiger partial charge in [0.15, 0.2) is 21.1 Å². The lowest BCUT2D eigenvalue weighted by Crippen LogP contribution is -2.50. The van der Waals surface area contributed by atoms with Crippen LogP contribution in [0.1, 0.15) is 45.6 Å². The summed E-state index contributed by atoms with van der Waals surface area (Å²) in [4.78, 5) is 44.5. The van der Waals surface area contributed by atoms with Crippen molar-refractivity contribution in [2.75, 3.05) is 7.05 Å². The van der Waals surface area contributed by atoms with E-state index in [-0.39, 0.29) is 23.9 Å². The Morgan fingerprint density at radius 1 is 1.08 bits per heavy atom. The summed E-state index contributed by atoms with van der Waals surface area (Å²) in [5.41, 5.74) is 1.75. The van der Waals surface area contributed by atoms with Crippen LogP contribution in [0, 0.1) is 5.92 Å². The second-order valence-corrected chi connectivity index (χ2v) is 11.4. The zero-order valence-electron chi connectivity index (χ0n) is 21.1. The summed E-state index contributed by atoms with van der Waals surface area (Å²) in [5, 5.41) is 0. The fourth-order valence-electron chi connectivity index (χ4n) is 3.96. The predicted octanol–water partition coefficient (Wildman–Crippen LogP) is 4.33. The maximum absolute atomic E-state index is 13.3. The second-order valence-electron chi connectivity index (χ2n) is 8.97. The molecule has 4 atom stereocenters. The van der Waals surface area contributed by atoms with Crippen molar-refractivity contribution in [3.8, 4) is 0 Å². The number of hydrogen-bond acceptors (Lipinski definition) is 6. The molecule has 7 nitrogen and oxygen atoms in total. The number of likely N-dealkylation sites (N-methyl/N-ethyl adjacent to an activating group) is 1. The van der Waals surface area contributed by atoms with Crippen LogP contribution in [0.2, 0.25) is 0 Å². The first-order valence-corrected chi connectivity index (χ1v) is 14.0. The Bertz CT molecular complexity index is 1190. The number of aromatic nitrogens is 1. The molecule has 3 rings (SSSR count). The van der Waals surface area contributed by atoms with Gasteiger partial charge in [0.05, 0.1) is 22.3 Å². The highest BCUT2D eigenvalue weighted by Gasteiger charge is 2.31. The van der Waals surface area contributed by atoms with Crippen LogP contribution >= 0.6 is 11.3 Å². The monoisotopic (exact) mass is 527 g/mol. The van der Waals surface area contributed by atoms with Crippen LogP contribution < -0.4 is 4.72 Å². The Balaban J connectivity index is 1.66. The van der Waals surface area contributed by atoms with Crippen LogP contribution in [0.25, 0.3) is 10.2 Å². The van der Waals surface area contributed by atoms with Crippen molar-refractivity contribution in [2.45, 2.75) is 62.9 Å². The highest BCUT2D eigenvalue weighted by molar-refractivity contribution is 7.85. The third kappa shape index (κ3) is 7.15. The van der Waals surface area contributed by atoms with Gasteiger partial charge in [-0.2, -0.15) is 0 Å². The van der Waals surface area contributed by atoms with Gasteiger partial charge in [0.2, 0.25) is 5.91 Å². The van der Waals surface area contributed by atoms with E-state index in [9.17, 15) is 18.6 Å². The van der Waals surface area contributed by atoms with Gasteiger partial charge in [-0.25, -0.2) is 13.9 Å². The molecule has 192 valence electrons. The second kappa shape index (κ2) is 13.0. The summed E-state index contributed by atoms with van der Waals surface area (Å²) in [6, 6.07) is 15.7. The van der Waals surface area contributed by atoms with Gasteiger partial charge in [-0.05, 0) is 44.4 Å². The molecule has 0 saturated carbocycles. The molecule has 0 saturated heterocycles. The molecule has 2 aromatic carbocycles. The maximum Gasteiger partial charge on any atom is 0.241 e. The van der Waals surface area contributed by atoms with Gasteiger partial charge in [-0.15, -0.1) is 11.3 Å². The molecular weight excluding hydrogens is 494 g/mol. The summed E-state index contributed by atoms with van der Waals surface area (Å²) in [5.74, 6) is -0.980. The molecule has 0 aliphatic heterocycles. The Kier molecular flexibility index (Phi) is 10.0. The number of carbonyl (C=O) groups is 3. The van der Waals surface area contributed by atoms with Crippen molar-refractivity contribution in [3.63, 3.8) is 0 Å². The largest absolute Gasteiger partial charge is 0.335 e. The molecule has 1 N–H and O–H groups in total. The number of carbonyl (C=O) groups excluding carboxylic acids is 3. The SMILES string of the molecule is CCC[C@H](NS(=O)c1nc2ccccc2s1)C(=O)N(C)[C@H](C)C(=O)C[C@H](Cc1ccccc1)C(C)=O. The average molecular weight is 528 g/mol. The quantitative estimate of drug-likeness (QED) is 0.357. The first-order chi connectivity index (χ1) is 17.2. The molecule has 1 aromatic heterocycles. The van der Waals surface area contributed by atoms with Crippen molar-refractivity contribution >= 4 is 50.0 Å². The third-order valence-corrected chi connectivity index (χ3v) is 8.74. The summed E-state index contributed by atoms with van der Waals surface area (Å²) in [7, 11) is -0.0871. The van der Waals surface area contributed by atoms with Crippen molar-refractivity contribution < 1.29 is 18.6 Å². The van der Waals surface area contributed by atoms with Gasteiger partial charge in [-0.1, -0.05) is 55.8 Å². The van der Waals surface area contributed by atoms with Gasteiger partial charge >= 0.3 is 0 Å². The average Bonchev–Trinajstić information content (AvgIpc) is 3.32. The smallest absolute Gasteiger partial charge is 0.241 e. The molecule has 3 aromatic rings. The number of nitrogens with zero attached hydrogens (tertiary/aromatic N) is 2. The molecule has 0 fully saturated rings. The van der Waals surface area contributed by atoms with E-state index in [4.69, 9.17) is 0 Å². The van der Waals surface area contributed by atoms with E-state index in [1.165, 1.54) is 23.2 Å². The number of nitrogens with one attached hydrogen (secondary N) is 1. The summed E-state index contributed by atoms with van der Waals surface area (Å²) in [6.45, 7) is 5.12. The lowest BCUT2D eigenvalue weighted by atomic mass is 9.89. The Hall–Kier alpha value is -2.75. The van der Waals surface area contributed by atoms with E-state index in [0.29, 0.717) is 23.6 Å². The molecule has 0 spiro atoms. The van der Waals surface area contributed by atoms with Gasteiger partial charge in [0, 0.05) is 19.4 Å². The number of Topliss-reactive ketones (excluding diaryl/α,β-unsaturated/α-hetero) is 2. The van der Waals surface area contributed by atoms with Crippen LogP contribution in [0.5, 0.6) is 0 Å². The molecule has 0 radical (unpaired) electrons. The van der Waals surface area contributed by atoms with Gasteiger partial charge in [0.1, 0.15) is 5.78 Å². The lowest BCUT2D eigenvalue weighted by molar-refractivity contribution is -0.139. The molecule has 1 heterocycles. The fourth-order valence-corrected chi connectivity index (χ4v) is 6.13. The van der Waals surface area contributed by atoms with Crippen molar-refractivity contribution in [1.29, 1.82) is 0 Å². The van der Waals surface area contributed by atoms with Crippen molar-refractivity contribution in [3.05, 3.63) is 60.2 Å². The lowest BCUT2D eigenvalue weighted by Gasteiger charge is -2.29. The number of ketones is 2. The van der Waals surface area contributed by atoms with E-state index < -0.39 is 29.0 Å². The Morgan fingerprint density at radius 2 is 1.75 bits per heavy atom. The molecular formula is C27H33N3O4S2. The van der Waals surface area contributed by atoms with E-state index in [1.54, 1.807) is 14.0 Å². The van der Waals surface area contributed by atoms with Crippen LogP contribution in [-0.2, 0) is 31.8 Å². The number of thiazole rings is 1. The predicted molar refractivity (Wildman–Crippen MR) is 144 cm³/mol. The number of benzene rings is 2. The first kappa shape index (κ1) is 27.8. The fraction of sp³-hybridized carbons (Fsp3) is 0.407. The zero-order valence-corrected chi connectivity index (χ0v) is 22.7. The van der Waals surface area contributed by atoms with Crippen molar-refractivity contribution in [1.82, 2.24) is 14.6 Å². The summed E-state index contributed by atoms with van der Waals surface area (Å²) < 4.78 is 17.3. The van der Waals surface area contributed by atoms with Crippen LogP contribution in [0.4, 0.5) is 0 Å². The highest BCUT2D eigenvalue weighted by Crippen LogP contribution is 2.24. The zero-order chi connectivity index (χ0) is 26.2. The van der Waals surface area contributed by atoms with Crippen LogP contribution in [-0.4, -0.2) is 50.7 Å². The number of para-hydroxylation sites is 1. The molecule has 9 heteroatoms. The van der Waals surface area contributed by atoms with Gasteiger partial charge < -0.3 is 4.90 Å². The summed E-state index contributed by atoms with van der Waals surface area (Å²) in [6.07, 6.45) is 1.70. The van der Waals surface area contributed by atoms with E-state index in [2.05, 4.69) is 9.71 Å². The van der Waals surface area contributed by atoms with Crippen molar-refractivity contribution in [2.24, 2.45) is 5.92 Å². The standard InChI is InChI=1S/C27H33N3O4S2/c1-5-11-23(29-36(34)27-28-22-14-9-10-15-25(22)35-27)26(33)30(4)18(2)24(32)17-21(19(3)31)16-20-12-7-6-8-13-20/h6-10,12-15,18,21,23,29H,5,11,16-17H2,1-4H3/t18-,21+,23+,36?/m1/s1. The highest BCUT2D eigenvalue weighted by atomic mass is 32.2. The normalized spacial score (nSPS) is 14.7. The first-order valence-electron chi connectivity index (χ1n) is 12.1. The molecule has 1 amide bonds. The number of fused-ring (bicyclic) bond motifs is 1.